The highest BCUT2D eigenvalue weighted by Crippen LogP contribution is 2.24. The van der Waals surface area contributed by atoms with Crippen molar-refractivity contribution in [2.75, 3.05) is 33.7 Å². The first-order chi connectivity index (χ1) is 7.33. The van der Waals surface area contributed by atoms with Crippen molar-refractivity contribution >= 4 is 0 Å². The zero-order valence-corrected chi connectivity index (χ0v) is 10.6. The lowest BCUT2D eigenvalue weighted by Crippen LogP contribution is -2.28. The zero-order valence-electron chi connectivity index (χ0n) is 10.6. The van der Waals surface area contributed by atoms with Crippen LogP contribution in [0.15, 0.2) is 0 Å². The molecule has 1 aliphatic carbocycles. The second-order valence-corrected chi connectivity index (χ2v) is 5.08. The fourth-order valence-corrected chi connectivity index (χ4v) is 2.59. The molecule has 15 heavy (non-hydrogen) atoms. The predicted molar refractivity (Wildman–Crippen MR) is 67.2 cm³/mol. The molecule has 0 spiro atoms. The predicted octanol–water partition coefficient (Wildman–Crippen LogP) is 2.50. The van der Waals surface area contributed by atoms with Gasteiger partial charge in [0.1, 0.15) is 0 Å². The maximum Gasteiger partial charge on any atom is 0.000661 e. The molecule has 1 rings (SSSR count). The molecule has 1 fully saturated rings. The molecule has 0 radical (unpaired) electrons. The minimum absolute atomic E-state index is 0.994. The highest BCUT2D eigenvalue weighted by Gasteiger charge is 2.14. The molecule has 0 aromatic carbocycles. The fourth-order valence-electron chi connectivity index (χ4n) is 2.59. The second kappa shape index (κ2) is 8.12. The summed E-state index contributed by atoms with van der Waals surface area (Å²) in [6, 6.07) is 0. The smallest absolute Gasteiger partial charge is 0.000661 e. The van der Waals surface area contributed by atoms with Gasteiger partial charge in [0.25, 0.3) is 0 Å². The van der Waals surface area contributed by atoms with Crippen molar-refractivity contribution in [3.8, 4) is 0 Å². The van der Waals surface area contributed by atoms with Gasteiger partial charge in [-0.25, -0.2) is 0 Å². The van der Waals surface area contributed by atoms with Crippen LogP contribution >= 0.6 is 0 Å². The van der Waals surface area contributed by atoms with E-state index in [2.05, 4.69) is 17.3 Å². The summed E-state index contributed by atoms with van der Waals surface area (Å²) in [5.74, 6) is 0.994. The van der Waals surface area contributed by atoms with Gasteiger partial charge < -0.3 is 10.2 Å². The van der Waals surface area contributed by atoms with Crippen LogP contribution in [0.5, 0.6) is 0 Å². The molecule has 0 aliphatic heterocycles. The third-order valence-corrected chi connectivity index (χ3v) is 3.51. The van der Waals surface area contributed by atoms with E-state index in [1.165, 1.54) is 58.0 Å². The van der Waals surface area contributed by atoms with Crippen LogP contribution in [-0.2, 0) is 0 Å². The van der Waals surface area contributed by atoms with E-state index in [-0.39, 0.29) is 0 Å². The topological polar surface area (TPSA) is 15.3 Å². The minimum Gasteiger partial charge on any atom is -0.320 e. The highest BCUT2D eigenvalue weighted by molar-refractivity contribution is 4.68. The van der Waals surface area contributed by atoms with Crippen molar-refractivity contribution in [1.29, 1.82) is 0 Å². The highest BCUT2D eigenvalue weighted by atomic mass is 15.1. The third-order valence-electron chi connectivity index (χ3n) is 3.51. The van der Waals surface area contributed by atoms with E-state index >= 15 is 0 Å². The first kappa shape index (κ1) is 13.0. The van der Waals surface area contributed by atoms with Gasteiger partial charge in [-0.15, -0.1) is 0 Å². The largest absolute Gasteiger partial charge is 0.320 e. The summed E-state index contributed by atoms with van der Waals surface area (Å²) in [5, 5.41) is 3.20. The summed E-state index contributed by atoms with van der Waals surface area (Å²) >= 11 is 0. The second-order valence-electron chi connectivity index (χ2n) is 5.08. The van der Waals surface area contributed by atoms with Crippen molar-refractivity contribution in [3.05, 3.63) is 0 Å². The van der Waals surface area contributed by atoms with Crippen LogP contribution in [0.2, 0.25) is 0 Å². The van der Waals surface area contributed by atoms with Gasteiger partial charge >= 0.3 is 0 Å². The molecule has 0 unspecified atom stereocenters. The minimum atomic E-state index is 0.994. The third kappa shape index (κ3) is 6.16. The van der Waals surface area contributed by atoms with Gasteiger partial charge in [-0.1, -0.05) is 19.3 Å². The quantitative estimate of drug-likeness (QED) is 0.652. The maximum atomic E-state index is 3.20. The summed E-state index contributed by atoms with van der Waals surface area (Å²) < 4.78 is 0. The van der Waals surface area contributed by atoms with Gasteiger partial charge in [-0.2, -0.15) is 0 Å². The Hall–Kier alpha value is -0.0800. The van der Waals surface area contributed by atoms with Crippen LogP contribution in [-0.4, -0.2) is 38.6 Å². The average Bonchev–Trinajstić information content (AvgIpc) is 2.26. The van der Waals surface area contributed by atoms with Gasteiger partial charge in [0, 0.05) is 6.54 Å². The van der Waals surface area contributed by atoms with E-state index in [0.717, 1.165) is 12.5 Å². The number of nitrogens with one attached hydrogen (secondary N) is 1. The van der Waals surface area contributed by atoms with Crippen LogP contribution in [0, 0.1) is 5.92 Å². The van der Waals surface area contributed by atoms with E-state index < -0.39 is 0 Å². The molecule has 0 bridgehead atoms. The van der Waals surface area contributed by atoms with Crippen LogP contribution in [0.4, 0.5) is 0 Å². The molecular weight excluding hydrogens is 184 g/mol. The SMILES string of the molecule is CNCCCCN(C)CC1CCCCC1. The molecule has 0 atom stereocenters. The average molecular weight is 212 g/mol. The molecule has 2 heteroatoms. The van der Waals surface area contributed by atoms with Gasteiger partial charge in [-0.3, -0.25) is 0 Å². The fraction of sp³-hybridized carbons (Fsp3) is 1.00. The summed E-state index contributed by atoms with van der Waals surface area (Å²) in [6.45, 7) is 3.77. The van der Waals surface area contributed by atoms with Crippen molar-refractivity contribution < 1.29 is 0 Å². The number of nitrogens with zero attached hydrogens (tertiary/aromatic N) is 1. The Morgan fingerprint density at radius 3 is 2.53 bits per heavy atom. The summed E-state index contributed by atoms with van der Waals surface area (Å²) in [5.41, 5.74) is 0. The number of hydrogen-bond donors (Lipinski definition) is 1. The zero-order chi connectivity index (χ0) is 10.9. The molecule has 0 amide bonds. The molecule has 0 aromatic heterocycles. The van der Waals surface area contributed by atoms with Gasteiger partial charge in [0.05, 0.1) is 0 Å². The van der Waals surface area contributed by atoms with E-state index in [1.54, 1.807) is 0 Å². The number of unbranched alkanes of at least 4 members (excludes halogenated alkanes) is 1. The van der Waals surface area contributed by atoms with Crippen molar-refractivity contribution in [2.45, 2.75) is 44.9 Å². The van der Waals surface area contributed by atoms with Crippen molar-refractivity contribution in [3.63, 3.8) is 0 Å². The molecule has 1 saturated carbocycles. The van der Waals surface area contributed by atoms with Gasteiger partial charge in [0.2, 0.25) is 0 Å². The monoisotopic (exact) mass is 212 g/mol. The summed E-state index contributed by atoms with van der Waals surface area (Å²) in [6.07, 6.45) is 10.0. The van der Waals surface area contributed by atoms with Crippen LogP contribution in [0.1, 0.15) is 44.9 Å². The Labute approximate surface area is 95.4 Å². The van der Waals surface area contributed by atoms with E-state index in [1.807, 2.05) is 7.05 Å². The lowest BCUT2D eigenvalue weighted by molar-refractivity contribution is 0.230. The van der Waals surface area contributed by atoms with Crippen molar-refractivity contribution in [1.82, 2.24) is 10.2 Å². The van der Waals surface area contributed by atoms with Gasteiger partial charge in [-0.05, 0) is 58.8 Å². The van der Waals surface area contributed by atoms with E-state index in [0.29, 0.717) is 0 Å². The number of rotatable bonds is 7. The molecular formula is C13H28N2. The normalized spacial score (nSPS) is 18.6. The molecule has 1 aliphatic rings. The Morgan fingerprint density at radius 1 is 1.13 bits per heavy atom. The summed E-state index contributed by atoms with van der Waals surface area (Å²) in [4.78, 5) is 2.53. The lowest BCUT2D eigenvalue weighted by atomic mass is 9.89. The molecule has 0 heterocycles. The molecule has 1 N–H and O–H groups in total. The first-order valence-corrected chi connectivity index (χ1v) is 6.66. The Kier molecular flexibility index (Phi) is 7.03. The standard InChI is InChI=1S/C13H28N2/c1-14-10-6-7-11-15(2)12-13-8-4-3-5-9-13/h13-14H,3-12H2,1-2H3. The molecule has 90 valence electrons. The van der Waals surface area contributed by atoms with Crippen LogP contribution < -0.4 is 5.32 Å². The molecule has 0 aromatic rings. The number of hydrogen-bond acceptors (Lipinski definition) is 2. The maximum absolute atomic E-state index is 3.20. The Balaban J connectivity index is 1.98. The van der Waals surface area contributed by atoms with Crippen LogP contribution in [0.25, 0.3) is 0 Å². The lowest BCUT2D eigenvalue weighted by Gasteiger charge is -2.26. The van der Waals surface area contributed by atoms with E-state index in [9.17, 15) is 0 Å². The van der Waals surface area contributed by atoms with E-state index in [4.69, 9.17) is 0 Å². The molecule has 2 nitrogen and oxygen atoms in total. The Bertz CT molecular complexity index is 141. The summed E-state index contributed by atoms with van der Waals surface area (Å²) in [7, 11) is 4.32. The Morgan fingerprint density at radius 2 is 1.87 bits per heavy atom. The van der Waals surface area contributed by atoms with Gasteiger partial charge in [0.15, 0.2) is 0 Å². The van der Waals surface area contributed by atoms with Crippen LogP contribution in [0.3, 0.4) is 0 Å². The first-order valence-electron chi connectivity index (χ1n) is 6.66. The van der Waals surface area contributed by atoms with Crippen molar-refractivity contribution in [2.24, 2.45) is 5.92 Å². The molecule has 0 saturated heterocycles.